The maximum absolute atomic E-state index is 11.1. The second-order valence-corrected chi connectivity index (χ2v) is 3.90. The quantitative estimate of drug-likeness (QED) is 0.576. The molecule has 3 nitrogen and oxygen atoms in total. The molecule has 2 aliphatic rings. The van der Waals surface area contributed by atoms with Gasteiger partial charge in [0.25, 0.3) is 5.24 Å². The molecule has 2 fully saturated rings. The summed E-state index contributed by atoms with van der Waals surface area (Å²) in [6, 6.07) is 0.308. The van der Waals surface area contributed by atoms with Crippen LogP contribution in [0.4, 0.5) is 4.79 Å². The molecule has 2 heterocycles. The van der Waals surface area contributed by atoms with Gasteiger partial charge in [-0.05, 0) is 12.8 Å². The molecule has 2 unspecified atom stereocenters. The van der Waals surface area contributed by atoms with E-state index in [9.17, 15) is 9.59 Å². The van der Waals surface area contributed by atoms with E-state index in [2.05, 4.69) is 12.6 Å². The zero-order valence-electron chi connectivity index (χ0n) is 6.69. The van der Waals surface area contributed by atoms with Gasteiger partial charge in [0.15, 0.2) is 0 Å². The molecule has 0 aromatic carbocycles. The molecular weight excluding hydrogens is 174 g/mol. The van der Waals surface area contributed by atoms with Crippen LogP contribution in [0.2, 0.25) is 0 Å². The summed E-state index contributed by atoms with van der Waals surface area (Å²) in [5.41, 5.74) is 0. The number of rotatable bonds is 0. The average molecular weight is 185 g/mol. The Labute approximate surface area is 76.5 Å². The maximum Gasteiger partial charge on any atom is 0.279 e. The Bertz CT molecular complexity index is 225. The van der Waals surface area contributed by atoms with Gasteiger partial charge in [0, 0.05) is 24.9 Å². The number of piperidine rings is 1. The zero-order chi connectivity index (χ0) is 8.72. The van der Waals surface area contributed by atoms with Crippen LogP contribution in [0.25, 0.3) is 0 Å². The van der Waals surface area contributed by atoms with E-state index in [1.807, 2.05) is 0 Å². The number of nitrogens with zero attached hydrogens (tertiary/aromatic N) is 1. The van der Waals surface area contributed by atoms with Crippen molar-refractivity contribution in [2.24, 2.45) is 0 Å². The minimum absolute atomic E-state index is 0.154. The minimum Gasteiger partial charge on any atom is -0.327 e. The highest BCUT2D eigenvalue weighted by Gasteiger charge is 2.41. The number of carbonyl (C=O) groups is 2. The Kier molecular flexibility index (Phi) is 1.87. The molecule has 0 radical (unpaired) electrons. The Balaban J connectivity index is 2.19. The van der Waals surface area contributed by atoms with Crippen molar-refractivity contribution in [3.8, 4) is 0 Å². The van der Waals surface area contributed by atoms with Gasteiger partial charge in [0.1, 0.15) is 5.78 Å². The molecular formula is C8H11NO2S. The molecule has 4 heteroatoms. The first-order valence-corrected chi connectivity index (χ1v) is 4.66. The number of hydrogen-bond acceptors (Lipinski definition) is 2. The average Bonchev–Trinajstić information content (AvgIpc) is 2.24. The minimum atomic E-state index is -0.171. The van der Waals surface area contributed by atoms with Crippen molar-refractivity contribution < 1.29 is 9.59 Å². The molecule has 2 bridgehead atoms. The summed E-state index contributed by atoms with van der Waals surface area (Å²) in [5, 5.41) is -0.171. The molecule has 2 rings (SSSR count). The summed E-state index contributed by atoms with van der Waals surface area (Å²) in [4.78, 5) is 23.9. The van der Waals surface area contributed by atoms with E-state index in [-0.39, 0.29) is 17.3 Å². The number of ketones is 1. The molecule has 0 aromatic heterocycles. The molecule has 12 heavy (non-hydrogen) atoms. The van der Waals surface area contributed by atoms with Crippen molar-refractivity contribution in [2.75, 3.05) is 0 Å². The van der Waals surface area contributed by atoms with Crippen LogP contribution in [0, 0.1) is 0 Å². The third kappa shape index (κ3) is 1.14. The summed E-state index contributed by atoms with van der Waals surface area (Å²) in [7, 11) is 0. The fraction of sp³-hybridized carbons (Fsp3) is 0.750. The van der Waals surface area contributed by atoms with Crippen molar-refractivity contribution in [2.45, 2.75) is 37.8 Å². The Morgan fingerprint density at radius 1 is 1.33 bits per heavy atom. The second kappa shape index (κ2) is 2.76. The Morgan fingerprint density at radius 2 is 1.83 bits per heavy atom. The van der Waals surface area contributed by atoms with E-state index in [1.54, 1.807) is 4.90 Å². The Hall–Kier alpha value is -0.510. The van der Waals surface area contributed by atoms with E-state index < -0.39 is 0 Å². The zero-order valence-corrected chi connectivity index (χ0v) is 7.59. The molecule has 0 spiro atoms. The first-order chi connectivity index (χ1) is 5.68. The van der Waals surface area contributed by atoms with E-state index in [1.165, 1.54) is 0 Å². The summed E-state index contributed by atoms with van der Waals surface area (Å²) in [6.45, 7) is 0. The molecule has 0 N–H and O–H groups in total. The highest BCUT2D eigenvalue weighted by Crippen LogP contribution is 2.34. The van der Waals surface area contributed by atoms with Crippen LogP contribution in [0.5, 0.6) is 0 Å². The third-order valence-electron chi connectivity index (χ3n) is 2.77. The van der Waals surface area contributed by atoms with Gasteiger partial charge in [-0.2, -0.15) is 0 Å². The van der Waals surface area contributed by atoms with E-state index in [0.717, 1.165) is 12.8 Å². The number of fused-ring (bicyclic) bond motifs is 2. The lowest BCUT2D eigenvalue weighted by atomic mass is 10.0. The standard InChI is InChI=1S/C8H11NO2S/c10-7-3-5-1-2-6(4-7)9(5)8(11)12/h5-6H,1-4H2,(H,11,12). The summed E-state index contributed by atoms with van der Waals surface area (Å²) >= 11 is 3.80. The molecule has 2 atom stereocenters. The number of hydrogen-bond donors (Lipinski definition) is 1. The van der Waals surface area contributed by atoms with Crippen LogP contribution >= 0.6 is 12.6 Å². The molecule has 2 aliphatic heterocycles. The Morgan fingerprint density at radius 3 is 2.25 bits per heavy atom. The summed E-state index contributed by atoms with van der Waals surface area (Å²) in [6.07, 6.45) is 3.04. The fourth-order valence-electron chi connectivity index (χ4n) is 2.28. The SMILES string of the molecule is O=C1CC2CCC(C1)N2C(=O)S. The van der Waals surface area contributed by atoms with Gasteiger partial charge < -0.3 is 4.90 Å². The summed E-state index contributed by atoms with van der Waals surface area (Å²) in [5.74, 6) is 0.299. The molecule has 2 saturated heterocycles. The summed E-state index contributed by atoms with van der Waals surface area (Å²) < 4.78 is 0. The van der Waals surface area contributed by atoms with Crippen LogP contribution in [0.1, 0.15) is 25.7 Å². The molecule has 66 valence electrons. The van der Waals surface area contributed by atoms with Crippen molar-refractivity contribution in [3.63, 3.8) is 0 Å². The van der Waals surface area contributed by atoms with Crippen molar-refractivity contribution in [3.05, 3.63) is 0 Å². The number of amides is 1. The second-order valence-electron chi connectivity index (χ2n) is 3.52. The molecule has 0 aliphatic carbocycles. The van der Waals surface area contributed by atoms with E-state index >= 15 is 0 Å². The van der Waals surface area contributed by atoms with Crippen molar-refractivity contribution in [1.82, 2.24) is 4.90 Å². The van der Waals surface area contributed by atoms with Crippen LogP contribution < -0.4 is 0 Å². The highest BCUT2D eigenvalue weighted by molar-refractivity contribution is 7.96. The number of carbonyl (C=O) groups excluding carboxylic acids is 2. The highest BCUT2D eigenvalue weighted by atomic mass is 32.1. The lowest BCUT2D eigenvalue weighted by Gasteiger charge is -2.32. The molecule has 0 aromatic rings. The van der Waals surface area contributed by atoms with Gasteiger partial charge in [-0.25, -0.2) is 0 Å². The first kappa shape index (κ1) is 8.10. The van der Waals surface area contributed by atoms with Crippen LogP contribution in [-0.2, 0) is 4.79 Å². The van der Waals surface area contributed by atoms with Crippen LogP contribution in [-0.4, -0.2) is 28.0 Å². The lowest BCUT2D eigenvalue weighted by Crippen LogP contribution is -2.44. The largest absolute Gasteiger partial charge is 0.327 e. The smallest absolute Gasteiger partial charge is 0.279 e. The van der Waals surface area contributed by atoms with Gasteiger partial charge in [-0.1, -0.05) is 12.6 Å². The van der Waals surface area contributed by atoms with Gasteiger partial charge in [-0.3, -0.25) is 9.59 Å². The maximum atomic E-state index is 11.1. The van der Waals surface area contributed by atoms with Crippen LogP contribution in [0.3, 0.4) is 0 Å². The van der Waals surface area contributed by atoms with Gasteiger partial charge in [-0.15, -0.1) is 0 Å². The fourth-order valence-corrected chi connectivity index (χ4v) is 2.61. The monoisotopic (exact) mass is 185 g/mol. The van der Waals surface area contributed by atoms with E-state index in [4.69, 9.17) is 0 Å². The molecule has 1 amide bonds. The predicted octanol–water partition coefficient (Wildman–Crippen LogP) is 1.23. The van der Waals surface area contributed by atoms with E-state index in [0.29, 0.717) is 18.6 Å². The van der Waals surface area contributed by atoms with Gasteiger partial charge >= 0.3 is 0 Å². The molecule has 0 saturated carbocycles. The predicted molar refractivity (Wildman–Crippen MR) is 47.3 cm³/mol. The number of Topliss-reactive ketones (excluding diaryl/α,β-unsaturated/α-hetero) is 1. The van der Waals surface area contributed by atoms with Gasteiger partial charge in [0.05, 0.1) is 0 Å². The third-order valence-corrected chi connectivity index (χ3v) is 3.00. The first-order valence-electron chi connectivity index (χ1n) is 4.21. The van der Waals surface area contributed by atoms with Crippen molar-refractivity contribution in [1.29, 1.82) is 0 Å². The lowest BCUT2D eigenvalue weighted by molar-refractivity contribution is -0.122. The van der Waals surface area contributed by atoms with Crippen molar-refractivity contribution >= 4 is 23.7 Å². The van der Waals surface area contributed by atoms with Gasteiger partial charge in [0.2, 0.25) is 0 Å². The topological polar surface area (TPSA) is 37.4 Å². The number of thiol groups is 1. The van der Waals surface area contributed by atoms with Crippen LogP contribution in [0.15, 0.2) is 0 Å². The normalized spacial score (nSPS) is 34.1.